The average molecular weight is 378 g/mol. The number of carbonyl (C=O) groups excluding carboxylic acids is 1. The van der Waals surface area contributed by atoms with Crippen LogP contribution in [-0.2, 0) is 0 Å². The van der Waals surface area contributed by atoms with E-state index >= 15 is 0 Å². The minimum Gasteiger partial charge on any atom is -0.360 e. The number of hydrogen-bond donors (Lipinski definition) is 1. The summed E-state index contributed by atoms with van der Waals surface area (Å²) in [5.74, 6) is 0.0681. The molecule has 2 nitrogen and oxygen atoms in total. The molecule has 0 aliphatic heterocycles. The van der Waals surface area contributed by atoms with E-state index in [1.54, 1.807) is 6.20 Å². The predicted molar refractivity (Wildman–Crippen MR) is 109 cm³/mol. The molecule has 0 saturated carbocycles. The van der Waals surface area contributed by atoms with Crippen LogP contribution >= 0.6 is 23.4 Å². The summed E-state index contributed by atoms with van der Waals surface area (Å²) in [5.41, 5.74) is 2.63. The number of para-hydroxylation sites is 1. The number of aromatic amines is 1. The quantitative estimate of drug-likeness (QED) is 0.316. The second-order valence-corrected chi connectivity index (χ2v) is 7.51. The third-order valence-electron chi connectivity index (χ3n) is 4.28. The zero-order chi connectivity index (χ0) is 17.9. The van der Waals surface area contributed by atoms with E-state index in [1.807, 2.05) is 78.9 Å². The summed E-state index contributed by atoms with van der Waals surface area (Å²) in [6.07, 6.45) is 1.80. The zero-order valence-electron chi connectivity index (χ0n) is 13.9. The summed E-state index contributed by atoms with van der Waals surface area (Å²) in [6.45, 7) is 0. The maximum absolute atomic E-state index is 13.5. The maximum Gasteiger partial charge on any atom is 0.182 e. The Morgan fingerprint density at radius 3 is 2.38 bits per heavy atom. The molecule has 0 saturated heterocycles. The van der Waals surface area contributed by atoms with Gasteiger partial charge in [-0.25, -0.2) is 0 Å². The van der Waals surface area contributed by atoms with Gasteiger partial charge in [0.1, 0.15) is 0 Å². The molecule has 0 bridgehead atoms. The summed E-state index contributed by atoms with van der Waals surface area (Å²) in [4.78, 5) is 17.5. The lowest BCUT2D eigenvalue weighted by atomic mass is 10.0. The van der Waals surface area contributed by atoms with E-state index in [1.165, 1.54) is 11.8 Å². The molecule has 1 atom stereocenters. The second kappa shape index (κ2) is 7.40. The molecule has 0 radical (unpaired) electrons. The fourth-order valence-corrected chi connectivity index (χ4v) is 4.37. The first-order chi connectivity index (χ1) is 12.7. The van der Waals surface area contributed by atoms with E-state index in [2.05, 4.69) is 4.98 Å². The van der Waals surface area contributed by atoms with Crippen molar-refractivity contribution in [3.05, 3.63) is 101 Å². The minimum atomic E-state index is -0.365. The van der Waals surface area contributed by atoms with Gasteiger partial charge in [-0.1, -0.05) is 72.3 Å². The number of aromatic nitrogens is 1. The number of H-pyrrole nitrogens is 1. The Bertz CT molecular complexity index is 1060. The van der Waals surface area contributed by atoms with Crippen molar-refractivity contribution in [1.29, 1.82) is 0 Å². The summed E-state index contributed by atoms with van der Waals surface area (Å²) in [7, 11) is 0. The van der Waals surface area contributed by atoms with Gasteiger partial charge in [-0.3, -0.25) is 4.79 Å². The highest BCUT2D eigenvalue weighted by atomic mass is 35.5. The molecule has 0 fully saturated rings. The molecule has 1 heterocycles. The van der Waals surface area contributed by atoms with Crippen molar-refractivity contribution in [3.63, 3.8) is 0 Å². The summed E-state index contributed by atoms with van der Waals surface area (Å²) in [6, 6.07) is 25.3. The lowest BCUT2D eigenvalue weighted by Crippen LogP contribution is -2.09. The number of Topliss-reactive ketones (excluding diaryl/α,β-unsaturated/α-hetero) is 1. The van der Waals surface area contributed by atoms with Crippen LogP contribution in [0, 0.1) is 0 Å². The van der Waals surface area contributed by atoms with Gasteiger partial charge in [-0.2, -0.15) is 0 Å². The SMILES string of the molecule is O=C(c1c[nH]c2ccccc12)C(Sc1ccccc1Cl)c1ccccc1. The van der Waals surface area contributed by atoms with E-state index in [9.17, 15) is 4.79 Å². The molecule has 4 heteroatoms. The Kier molecular flexibility index (Phi) is 4.83. The molecule has 1 unspecified atom stereocenters. The van der Waals surface area contributed by atoms with Crippen molar-refractivity contribution in [2.45, 2.75) is 10.1 Å². The Hall–Kier alpha value is -2.49. The van der Waals surface area contributed by atoms with E-state index < -0.39 is 0 Å². The largest absolute Gasteiger partial charge is 0.360 e. The Morgan fingerprint density at radius 2 is 1.58 bits per heavy atom. The number of thioether (sulfide) groups is 1. The fourth-order valence-electron chi connectivity index (χ4n) is 2.98. The third kappa shape index (κ3) is 3.28. The Morgan fingerprint density at radius 1 is 0.885 bits per heavy atom. The van der Waals surface area contributed by atoms with Crippen molar-refractivity contribution in [3.8, 4) is 0 Å². The molecular weight excluding hydrogens is 362 g/mol. The number of ketones is 1. The molecular formula is C22H16ClNOS. The molecule has 4 rings (SSSR count). The van der Waals surface area contributed by atoms with Crippen LogP contribution in [0.5, 0.6) is 0 Å². The fraction of sp³-hybridized carbons (Fsp3) is 0.0455. The summed E-state index contributed by atoms with van der Waals surface area (Å²) >= 11 is 7.83. The summed E-state index contributed by atoms with van der Waals surface area (Å²) in [5, 5.41) is 1.23. The number of nitrogens with one attached hydrogen (secondary N) is 1. The van der Waals surface area contributed by atoms with Gasteiger partial charge in [-0.15, -0.1) is 11.8 Å². The van der Waals surface area contributed by atoms with Crippen molar-refractivity contribution >= 4 is 40.0 Å². The molecule has 0 spiro atoms. The molecule has 3 aromatic carbocycles. The van der Waals surface area contributed by atoms with Gasteiger partial charge in [0, 0.05) is 27.6 Å². The normalized spacial score (nSPS) is 12.2. The summed E-state index contributed by atoms with van der Waals surface area (Å²) < 4.78 is 0. The van der Waals surface area contributed by atoms with Crippen molar-refractivity contribution in [2.75, 3.05) is 0 Å². The average Bonchev–Trinajstić information content (AvgIpc) is 3.12. The lowest BCUT2D eigenvalue weighted by molar-refractivity contribution is 0.0991. The van der Waals surface area contributed by atoms with E-state index in [-0.39, 0.29) is 11.0 Å². The van der Waals surface area contributed by atoms with Gasteiger partial charge in [0.05, 0.1) is 10.3 Å². The number of rotatable bonds is 5. The van der Waals surface area contributed by atoms with Crippen molar-refractivity contribution in [1.82, 2.24) is 4.98 Å². The first-order valence-electron chi connectivity index (χ1n) is 8.30. The topological polar surface area (TPSA) is 32.9 Å². The molecule has 128 valence electrons. The predicted octanol–water partition coefficient (Wildman–Crippen LogP) is 6.54. The van der Waals surface area contributed by atoms with Crippen LogP contribution in [-0.4, -0.2) is 10.8 Å². The van der Waals surface area contributed by atoms with Gasteiger partial charge in [0.25, 0.3) is 0 Å². The van der Waals surface area contributed by atoms with Crippen LogP contribution in [0.3, 0.4) is 0 Å². The zero-order valence-corrected chi connectivity index (χ0v) is 15.4. The van der Waals surface area contributed by atoms with Gasteiger partial charge in [-0.05, 0) is 23.8 Å². The molecule has 0 amide bonds. The van der Waals surface area contributed by atoms with E-state index in [0.29, 0.717) is 10.6 Å². The van der Waals surface area contributed by atoms with Gasteiger partial charge < -0.3 is 4.98 Å². The highest BCUT2D eigenvalue weighted by Gasteiger charge is 2.26. The number of halogens is 1. The Labute approximate surface area is 161 Å². The monoisotopic (exact) mass is 377 g/mol. The standard InChI is InChI=1S/C22H16ClNOS/c23-18-11-5-7-13-20(18)26-22(15-8-2-1-3-9-15)21(25)17-14-24-19-12-6-4-10-16(17)19/h1-14,22,24H. The molecule has 4 aromatic rings. The van der Waals surface area contributed by atoms with E-state index in [0.717, 1.165) is 21.4 Å². The van der Waals surface area contributed by atoms with Crippen molar-refractivity contribution in [2.24, 2.45) is 0 Å². The van der Waals surface area contributed by atoms with Gasteiger partial charge >= 0.3 is 0 Å². The third-order valence-corrected chi connectivity index (χ3v) is 6.05. The first-order valence-corrected chi connectivity index (χ1v) is 9.56. The van der Waals surface area contributed by atoms with Crippen LogP contribution in [0.25, 0.3) is 10.9 Å². The molecule has 1 N–H and O–H groups in total. The molecule has 26 heavy (non-hydrogen) atoms. The van der Waals surface area contributed by atoms with Crippen LogP contribution in [0.1, 0.15) is 21.2 Å². The molecule has 0 aliphatic rings. The highest BCUT2D eigenvalue weighted by Crippen LogP contribution is 2.41. The maximum atomic E-state index is 13.5. The van der Waals surface area contributed by atoms with Gasteiger partial charge in [0.15, 0.2) is 5.78 Å². The molecule has 0 aliphatic carbocycles. The second-order valence-electron chi connectivity index (χ2n) is 5.95. The number of carbonyl (C=O) groups is 1. The van der Waals surface area contributed by atoms with Crippen LogP contribution in [0.15, 0.2) is 90.0 Å². The number of hydrogen-bond acceptors (Lipinski definition) is 2. The highest BCUT2D eigenvalue weighted by molar-refractivity contribution is 8.00. The Balaban J connectivity index is 1.78. The first kappa shape index (κ1) is 17.0. The van der Waals surface area contributed by atoms with Crippen LogP contribution < -0.4 is 0 Å². The smallest absolute Gasteiger partial charge is 0.182 e. The van der Waals surface area contributed by atoms with E-state index in [4.69, 9.17) is 11.6 Å². The van der Waals surface area contributed by atoms with Gasteiger partial charge in [0.2, 0.25) is 0 Å². The molecule has 1 aromatic heterocycles. The van der Waals surface area contributed by atoms with Crippen LogP contribution in [0.4, 0.5) is 0 Å². The minimum absolute atomic E-state index is 0.0681. The van der Waals surface area contributed by atoms with Crippen molar-refractivity contribution < 1.29 is 4.79 Å². The van der Waals surface area contributed by atoms with Crippen LogP contribution in [0.2, 0.25) is 5.02 Å². The lowest BCUT2D eigenvalue weighted by Gasteiger charge is -2.16. The number of fused-ring (bicyclic) bond motifs is 1. The number of benzene rings is 3.